The van der Waals surface area contributed by atoms with Crippen LogP contribution in [0.25, 0.3) is 0 Å². The second-order valence-electron chi connectivity index (χ2n) is 6.67. The van der Waals surface area contributed by atoms with E-state index in [0.29, 0.717) is 11.3 Å². The number of carbonyl (C=O) groups excluding carboxylic acids is 2. The first-order valence-corrected chi connectivity index (χ1v) is 8.70. The van der Waals surface area contributed by atoms with E-state index in [0.717, 1.165) is 0 Å². The minimum absolute atomic E-state index is 0.0466. The van der Waals surface area contributed by atoms with Gasteiger partial charge in [-0.25, -0.2) is 9.18 Å². The number of nitrogens with one attached hydrogen (secondary N) is 1. The summed E-state index contributed by atoms with van der Waals surface area (Å²) in [4.78, 5) is 37.5. The van der Waals surface area contributed by atoms with E-state index < -0.39 is 23.3 Å². The van der Waals surface area contributed by atoms with Crippen molar-refractivity contribution < 1.29 is 29.0 Å². The van der Waals surface area contributed by atoms with Crippen LogP contribution in [0.2, 0.25) is 0 Å². The number of amides is 2. The molecule has 0 aliphatic carbocycles. The number of aliphatic hydroxyl groups is 1. The highest BCUT2D eigenvalue weighted by atomic mass is 19.1. The van der Waals surface area contributed by atoms with Crippen molar-refractivity contribution in [3.63, 3.8) is 0 Å². The highest BCUT2D eigenvalue weighted by Gasteiger charge is 2.40. The number of benzene rings is 2. The lowest BCUT2D eigenvalue weighted by atomic mass is 9.91. The zero-order valence-corrected chi connectivity index (χ0v) is 14.9. The highest BCUT2D eigenvalue weighted by molar-refractivity contribution is 6.05. The number of likely N-dealkylation sites (tertiary alicyclic amines) is 1. The molecule has 8 heteroatoms. The molecule has 0 unspecified atom stereocenters. The first-order chi connectivity index (χ1) is 13.3. The number of carboxylic acid groups (broad SMARTS) is 1. The summed E-state index contributed by atoms with van der Waals surface area (Å²) in [6.07, 6.45) is -0.0931. The zero-order valence-electron chi connectivity index (χ0n) is 14.9. The van der Waals surface area contributed by atoms with Gasteiger partial charge in [0.2, 0.25) is 0 Å². The van der Waals surface area contributed by atoms with Crippen molar-refractivity contribution in [1.29, 1.82) is 0 Å². The number of hydrogen-bond acceptors (Lipinski definition) is 4. The summed E-state index contributed by atoms with van der Waals surface area (Å²) in [6.45, 7) is 0.238. The van der Waals surface area contributed by atoms with E-state index in [2.05, 4.69) is 5.32 Å². The van der Waals surface area contributed by atoms with E-state index in [9.17, 15) is 23.9 Å². The van der Waals surface area contributed by atoms with Crippen LogP contribution in [0, 0.1) is 5.82 Å². The molecule has 1 aliphatic rings. The van der Waals surface area contributed by atoms with Crippen LogP contribution in [0.15, 0.2) is 48.5 Å². The Morgan fingerprint density at radius 2 is 1.64 bits per heavy atom. The summed E-state index contributed by atoms with van der Waals surface area (Å²) in [6, 6.07) is 11.4. The monoisotopic (exact) mass is 386 g/mol. The fraction of sp³-hybridized carbons (Fsp3) is 0.250. The molecule has 1 aliphatic heterocycles. The number of piperidine rings is 1. The molecule has 1 saturated heterocycles. The predicted molar refractivity (Wildman–Crippen MR) is 98.5 cm³/mol. The van der Waals surface area contributed by atoms with Crippen molar-refractivity contribution in [2.75, 3.05) is 18.4 Å². The molecule has 2 amide bonds. The number of carboxylic acids is 1. The number of hydrogen-bond donors (Lipinski definition) is 3. The molecular formula is C20H19FN2O5. The molecule has 0 bridgehead atoms. The fourth-order valence-electron chi connectivity index (χ4n) is 3.01. The Bertz CT molecular complexity index is 905. The van der Waals surface area contributed by atoms with Gasteiger partial charge in [0.25, 0.3) is 11.8 Å². The molecule has 2 aromatic rings. The minimum Gasteiger partial charge on any atom is -0.479 e. The summed E-state index contributed by atoms with van der Waals surface area (Å²) in [5.74, 6) is -2.48. The molecule has 3 N–H and O–H groups in total. The molecule has 0 radical (unpaired) electrons. The van der Waals surface area contributed by atoms with Crippen molar-refractivity contribution in [3.05, 3.63) is 65.5 Å². The Kier molecular flexibility index (Phi) is 5.41. The number of carbonyl (C=O) groups is 3. The van der Waals surface area contributed by atoms with Crippen molar-refractivity contribution in [1.82, 2.24) is 4.90 Å². The molecular weight excluding hydrogens is 367 g/mol. The lowest BCUT2D eigenvalue weighted by Gasteiger charge is -2.35. The average molecular weight is 386 g/mol. The Morgan fingerprint density at radius 3 is 2.25 bits per heavy atom. The van der Waals surface area contributed by atoms with Gasteiger partial charge in [0.05, 0.1) is 0 Å². The standard InChI is InChI=1S/C20H19FN2O5/c21-15-6-4-13(5-7-15)17(24)22-16-3-1-2-14(12-16)18(25)23-10-8-20(28,9-11-23)19(26)27/h1-7,12,28H,8-11H2,(H,22,24)(H,26,27). The quantitative estimate of drug-likeness (QED) is 0.746. The second kappa shape index (κ2) is 7.77. The highest BCUT2D eigenvalue weighted by Crippen LogP contribution is 2.24. The molecule has 2 aromatic carbocycles. The van der Waals surface area contributed by atoms with E-state index in [1.807, 2.05) is 0 Å². The van der Waals surface area contributed by atoms with E-state index in [4.69, 9.17) is 5.11 Å². The summed E-state index contributed by atoms with van der Waals surface area (Å²) in [5.41, 5.74) is -0.791. The molecule has 7 nitrogen and oxygen atoms in total. The van der Waals surface area contributed by atoms with Crippen LogP contribution in [-0.4, -0.2) is 51.6 Å². The molecule has 0 spiro atoms. The van der Waals surface area contributed by atoms with Crippen LogP contribution in [0.1, 0.15) is 33.6 Å². The molecule has 146 valence electrons. The summed E-state index contributed by atoms with van der Waals surface area (Å²) in [5, 5.41) is 21.7. The second-order valence-corrected chi connectivity index (χ2v) is 6.67. The summed E-state index contributed by atoms with van der Waals surface area (Å²) < 4.78 is 13.0. The van der Waals surface area contributed by atoms with Gasteiger partial charge in [-0.2, -0.15) is 0 Å². The third kappa shape index (κ3) is 4.17. The summed E-state index contributed by atoms with van der Waals surface area (Å²) >= 11 is 0. The number of nitrogens with zero attached hydrogens (tertiary/aromatic N) is 1. The van der Waals surface area contributed by atoms with Gasteiger partial charge in [0.1, 0.15) is 5.82 Å². The van der Waals surface area contributed by atoms with Crippen molar-refractivity contribution in [2.45, 2.75) is 18.4 Å². The molecule has 28 heavy (non-hydrogen) atoms. The van der Waals surface area contributed by atoms with Gasteiger partial charge >= 0.3 is 5.97 Å². The van der Waals surface area contributed by atoms with Crippen molar-refractivity contribution in [2.24, 2.45) is 0 Å². The predicted octanol–water partition coefficient (Wildman–Crippen LogP) is 2.13. The van der Waals surface area contributed by atoms with Gasteiger partial charge in [-0.05, 0) is 42.5 Å². The number of rotatable bonds is 4. The van der Waals surface area contributed by atoms with Gasteiger partial charge < -0.3 is 20.4 Å². The number of halogens is 1. The minimum atomic E-state index is -1.80. The molecule has 0 aromatic heterocycles. The maximum absolute atomic E-state index is 13.0. The van der Waals surface area contributed by atoms with E-state index in [1.54, 1.807) is 18.2 Å². The maximum atomic E-state index is 13.0. The fourth-order valence-corrected chi connectivity index (χ4v) is 3.01. The Hall–Kier alpha value is -3.26. The van der Waals surface area contributed by atoms with Crippen LogP contribution in [0.4, 0.5) is 10.1 Å². The van der Waals surface area contributed by atoms with Gasteiger partial charge in [-0.1, -0.05) is 6.07 Å². The van der Waals surface area contributed by atoms with E-state index >= 15 is 0 Å². The molecule has 1 fully saturated rings. The van der Waals surface area contributed by atoms with Crippen LogP contribution in [-0.2, 0) is 4.79 Å². The van der Waals surface area contributed by atoms with E-state index in [1.165, 1.54) is 35.2 Å². The third-order valence-electron chi connectivity index (χ3n) is 4.75. The van der Waals surface area contributed by atoms with Gasteiger partial charge in [-0.15, -0.1) is 0 Å². The van der Waals surface area contributed by atoms with Crippen LogP contribution in [0.3, 0.4) is 0 Å². The largest absolute Gasteiger partial charge is 0.479 e. The first-order valence-electron chi connectivity index (χ1n) is 8.70. The maximum Gasteiger partial charge on any atom is 0.335 e. The lowest BCUT2D eigenvalue weighted by Crippen LogP contribution is -2.50. The molecule has 0 saturated carbocycles. The molecule has 0 atom stereocenters. The Morgan fingerprint density at radius 1 is 1.00 bits per heavy atom. The topological polar surface area (TPSA) is 107 Å². The zero-order chi connectivity index (χ0) is 20.3. The van der Waals surface area contributed by atoms with Crippen LogP contribution >= 0.6 is 0 Å². The Balaban J connectivity index is 1.67. The van der Waals surface area contributed by atoms with Crippen LogP contribution in [0.5, 0.6) is 0 Å². The van der Waals surface area contributed by atoms with Crippen LogP contribution < -0.4 is 5.32 Å². The third-order valence-corrected chi connectivity index (χ3v) is 4.75. The smallest absolute Gasteiger partial charge is 0.335 e. The summed E-state index contributed by atoms with van der Waals surface area (Å²) in [7, 11) is 0. The van der Waals surface area contributed by atoms with Gasteiger partial charge in [0.15, 0.2) is 5.60 Å². The van der Waals surface area contributed by atoms with Crippen molar-refractivity contribution in [3.8, 4) is 0 Å². The van der Waals surface area contributed by atoms with Gasteiger partial charge in [-0.3, -0.25) is 9.59 Å². The number of anilines is 1. The van der Waals surface area contributed by atoms with E-state index in [-0.39, 0.29) is 37.4 Å². The first kappa shape index (κ1) is 19.5. The van der Waals surface area contributed by atoms with Crippen molar-refractivity contribution >= 4 is 23.5 Å². The SMILES string of the molecule is O=C(Nc1cccc(C(=O)N2CCC(O)(C(=O)O)CC2)c1)c1ccc(F)cc1. The lowest BCUT2D eigenvalue weighted by molar-refractivity contribution is -0.162. The van der Waals surface area contributed by atoms with Gasteiger partial charge in [0, 0.05) is 42.7 Å². The Labute approximate surface area is 160 Å². The average Bonchev–Trinajstić information content (AvgIpc) is 2.68. The molecule has 1 heterocycles. The normalized spacial score (nSPS) is 15.7. The molecule has 3 rings (SSSR count). The number of aliphatic carboxylic acids is 1.